The van der Waals surface area contributed by atoms with Gasteiger partial charge in [-0.25, -0.2) is 0 Å². The van der Waals surface area contributed by atoms with Crippen LogP contribution in [-0.2, 0) is 9.59 Å². The second-order valence-corrected chi connectivity index (χ2v) is 3.48. The molecule has 0 saturated heterocycles. The molecule has 0 unspecified atom stereocenters. The Morgan fingerprint density at radius 3 is 1.81 bits per heavy atom. The van der Waals surface area contributed by atoms with Gasteiger partial charge < -0.3 is 15.3 Å². The topological polar surface area (TPSA) is 94.8 Å². The molecule has 0 atom stereocenters. The summed E-state index contributed by atoms with van der Waals surface area (Å²) in [6.07, 6.45) is -0.478. The number of carbonyl (C=O) groups is 2. The first-order valence-corrected chi connectivity index (χ1v) is 4.71. The van der Waals surface area contributed by atoms with E-state index in [-0.39, 0.29) is 18.6 Å². The Bertz CT molecular complexity index is 366. The van der Waals surface area contributed by atoms with Crippen molar-refractivity contribution in [2.75, 3.05) is 0 Å². The second-order valence-electron chi connectivity index (χ2n) is 3.48. The van der Waals surface area contributed by atoms with Gasteiger partial charge >= 0.3 is 11.9 Å². The summed E-state index contributed by atoms with van der Waals surface area (Å²) in [6.45, 7) is 0. The molecule has 5 nitrogen and oxygen atoms in total. The molecule has 0 aromatic heterocycles. The van der Waals surface area contributed by atoms with E-state index in [0.29, 0.717) is 5.56 Å². The molecule has 0 bridgehead atoms. The van der Waals surface area contributed by atoms with Crippen LogP contribution in [0.2, 0.25) is 0 Å². The standard InChI is InChI=1S/C11H12O5/c12-9-3-1-7(2-4-9)8(5-10(13)14)6-11(15)16/h1-4,8,12H,5-6H2,(H,13,14)(H,15,16). The van der Waals surface area contributed by atoms with Crippen LogP contribution in [0.5, 0.6) is 5.75 Å². The lowest BCUT2D eigenvalue weighted by molar-refractivity contribution is -0.139. The maximum atomic E-state index is 10.6. The van der Waals surface area contributed by atoms with Crippen molar-refractivity contribution >= 4 is 11.9 Å². The highest BCUT2D eigenvalue weighted by Gasteiger charge is 2.18. The first-order valence-electron chi connectivity index (χ1n) is 4.71. The third-order valence-electron chi connectivity index (χ3n) is 2.21. The van der Waals surface area contributed by atoms with Gasteiger partial charge in [-0.3, -0.25) is 9.59 Å². The van der Waals surface area contributed by atoms with Gasteiger partial charge in [0.25, 0.3) is 0 Å². The molecule has 0 aliphatic carbocycles. The van der Waals surface area contributed by atoms with Crippen LogP contribution in [0.4, 0.5) is 0 Å². The predicted octanol–water partition coefficient (Wildman–Crippen LogP) is 1.43. The molecular weight excluding hydrogens is 212 g/mol. The van der Waals surface area contributed by atoms with Crippen molar-refractivity contribution in [3.63, 3.8) is 0 Å². The van der Waals surface area contributed by atoms with Crippen LogP contribution in [0.1, 0.15) is 24.3 Å². The summed E-state index contributed by atoms with van der Waals surface area (Å²) in [7, 11) is 0. The minimum absolute atomic E-state index is 0.0631. The zero-order valence-corrected chi connectivity index (χ0v) is 8.46. The smallest absolute Gasteiger partial charge is 0.303 e. The summed E-state index contributed by atoms with van der Waals surface area (Å²) >= 11 is 0. The zero-order valence-electron chi connectivity index (χ0n) is 8.46. The van der Waals surface area contributed by atoms with E-state index >= 15 is 0 Å². The van der Waals surface area contributed by atoms with Crippen LogP contribution in [0.15, 0.2) is 24.3 Å². The highest BCUT2D eigenvalue weighted by Crippen LogP contribution is 2.25. The molecule has 0 aliphatic heterocycles. The number of aromatic hydroxyl groups is 1. The van der Waals surface area contributed by atoms with Gasteiger partial charge in [-0.15, -0.1) is 0 Å². The average Bonchev–Trinajstić information content (AvgIpc) is 2.16. The van der Waals surface area contributed by atoms with Gasteiger partial charge in [0.05, 0.1) is 12.8 Å². The summed E-state index contributed by atoms with van der Waals surface area (Å²) in [6, 6.07) is 5.88. The Morgan fingerprint density at radius 2 is 1.44 bits per heavy atom. The fourth-order valence-corrected chi connectivity index (χ4v) is 1.48. The molecule has 1 aromatic carbocycles. The van der Waals surface area contributed by atoms with Crippen LogP contribution in [0.3, 0.4) is 0 Å². The largest absolute Gasteiger partial charge is 0.508 e. The Labute approximate surface area is 92.0 Å². The maximum Gasteiger partial charge on any atom is 0.303 e. The quantitative estimate of drug-likeness (QED) is 0.703. The van der Waals surface area contributed by atoms with Gasteiger partial charge in [-0.1, -0.05) is 12.1 Å². The average molecular weight is 224 g/mol. The summed E-state index contributed by atoms with van der Waals surface area (Å²) in [5.74, 6) is -2.59. The molecule has 0 saturated carbocycles. The van der Waals surface area contributed by atoms with Crippen LogP contribution in [-0.4, -0.2) is 27.3 Å². The number of phenols is 1. The highest BCUT2D eigenvalue weighted by atomic mass is 16.4. The van der Waals surface area contributed by atoms with Gasteiger partial charge in [-0.05, 0) is 17.7 Å². The molecular formula is C11H12O5. The van der Waals surface area contributed by atoms with Crippen LogP contribution >= 0.6 is 0 Å². The zero-order chi connectivity index (χ0) is 12.1. The van der Waals surface area contributed by atoms with Gasteiger partial charge in [0.2, 0.25) is 0 Å². The molecule has 3 N–H and O–H groups in total. The van der Waals surface area contributed by atoms with E-state index in [2.05, 4.69) is 0 Å². The van der Waals surface area contributed by atoms with Crippen LogP contribution in [0.25, 0.3) is 0 Å². The van der Waals surface area contributed by atoms with Gasteiger partial charge in [0, 0.05) is 5.92 Å². The summed E-state index contributed by atoms with van der Waals surface area (Å²) in [5.41, 5.74) is 0.600. The Kier molecular flexibility index (Phi) is 3.88. The van der Waals surface area contributed by atoms with E-state index < -0.39 is 17.9 Å². The van der Waals surface area contributed by atoms with E-state index in [1.54, 1.807) is 0 Å². The number of carboxylic acid groups (broad SMARTS) is 2. The van der Waals surface area contributed by atoms with E-state index in [1.807, 2.05) is 0 Å². The third kappa shape index (κ3) is 3.61. The number of aliphatic carboxylic acids is 2. The number of hydrogen-bond acceptors (Lipinski definition) is 3. The molecule has 0 fully saturated rings. The van der Waals surface area contributed by atoms with Crippen molar-refractivity contribution < 1.29 is 24.9 Å². The Balaban J connectivity index is 2.86. The lowest BCUT2D eigenvalue weighted by Gasteiger charge is -2.12. The van der Waals surface area contributed by atoms with Crippen LogP contribution in [0, 0.1) is 0 Å². The molecule has 0 spiro atoms. The van der Waals surface area contributed by atoms with Crippen LogP contribution < -0.4 is 0 Å². The fourth-order valence-electron chi connectivity index (χ4n) is 1.48. The number of rotatable bonds is 5. The maximum absolute atomic E-state index is 10.6. The molecule has 0 heterocycles. The molecule has 0 amide bonds. The Hall–Kier alpha value is -2.04. The predicted molar refractivity (Wildman–Crippen MR) is 55.4 cm³/mol. The lowest BCUT2D eigenvalue weighted by atomic mass is 9.92. The van der Waals surface area contributed by atoms with Crippen molar-refractivity contribution in [2.45, 2.75) is 18.8 Å². The van der Waals surface area contributed by atoms with Crippen molar-refractivity contribution in [1.29, 1.82) is 0 Å². The number of benzene rings is 1. The van der Waals surface area contributed by atoms with Crippen molar-refractivity contribution in [1.82, 2.24) is 0 Å². The van der Waals surface area contributed by atoms with Crippen molar-refractivity contribution in [3.8, 4) is 5.75 Å². The molecule has 1 aromatic rings. The molecule has 5 heteroatoms. The Morgan fingerprint density at radius 1 is 1.00 bits per heavy atom. The molecule has 86 valence electrons. The fraction of sp³-hybridized carbons (Fsp3) is 0.273. The van der Waals surface area contributed by atoms with Gasteiger partial charge in [0.15, 0.2) is 0 Å². The minimum atomic E-state index is -1.04. The normalized spacial score (nSPS) is 10.3. The SMILES string of the molecule is O=C(O)CC(CC(=O)O)c1ccc(O)cc1. The molecule has 0 aliphatic rings. The van der Waals surface area contributed by atoms with E-state index in [1.165, 1.54) is 24.3 Å². The second kappa shape index (κ2) is 5.16. The number of hydrogen-bond donors (Lipinski definition) is 3. The molecule has 1 rings (SSSR count). The summed E-state index contributed by atoms with van der Waals surface area (Å²) < 4.78 is 0. The summed E-state index contributed by atoms with van der Waals surface area (Å²) in [4.78, 5) is 21.2. The van der Waals surface area contributed by atoms with Gasteiger partial charge in [0.1, 0.15) is 5.75 Å². The monoisotopic (exact) mass is 224 g/mol. The van der Waals surface area contributed by atoms with Crippen molar-refractivity contribution in [3.05, 3.63) is 29.8 Å². The van der Waals surface area contributed by atoms with Crippen molar-refractivity contribution in [2.24, 2.45) is 0 Å². The highest BCUT2D eigenvalue weighted by molar-refractivity contribution is 5.72. The van der Waals surface area contributed by atoms with E-state index in [0.717, 1.165) is 0 Å². The number of carboxylic acids is 2. The van der Waals surface area contributed by atoms with Gasteiger partial charge in [-0.2, -0.15) is 0 Å². The van der Waals surface area contributed by atoms with E-state index in [4.69, 9.17) is 15.3 Å². The first-order chi connectivity index (χ1) is 7.49. The first kappa shape index (κ1) is 12.0. The summed E-state index contributed by atoms with van der Waals surface area (Å²) in [5, 5.41) is 26.4. The third-order valence-corrected chi connectivity index (χ3v) is 2.21. The lowest BCUT2D eigenvalue weighted by Crippen LogP contribution is -2.11. The minimum Gasteiger partial charge on any atom is -0.508 e. The number of phenolic OH excluding ortho intramolecular Hbond substituents is 1. The molecule has 16 heavy (non-hydrogen) atoms. The van der Waals surface area contributed by atoms with E-state index in [9.17, 15) is 9.59 Å². The molecule has 0 radical (unpaired) electrons.